The van der Waals surface area contributed by atoms with E-state index in [0.717, 1.165) is 31.8 Å². The number of para-hydroxylation sites is 1. The summed E-state index contributed by atoms with van der Waals surface area (Å²) >= 11 is 0. The molecule has 18 heavy (non-hydrogen) atoms. The molecule has 0 fully saturated rings. The van der Waals surface area contributed by atoms with Gasteiger partial charge in [-0.15, -0.1) is 0 Å². The number of anilines is 1. The van der Waals surface area contributed by atoms with E-state index in [1.165, 1.54) is 11.3 Å². The number of nitrogens with zero attached hydrogens (tertiary/aromatic N) is 2. The third-order valence-electron chi connectivity index (χ3n) is 3.10. The molecule has 1 aromatic heterocycles. The summed E-state index contributed by atoms with van der Waals surface area (Å²) in [4.78, 5) is 4.41. The van der Waals surface area contributed by atoms with Gasteiger partial charge in [-0.25, -0.2) is 4.98 Å². The summed E-state index contributed by atoms with van der Waals surface area (Å²) in [6, 6.07) is 8.45. The van der Waals surface area contributed by atoms with Crippen LogP contribution in [0, 0.1) is 0 Å². The molecule has 0 atom stereocenters. The maximum atomic E-state index is 4.41. The van der Waals surface area contributed by atoms with Gasteiger partial charge >= 0.3 is 0 Å². The summed E-state index contributed by atoms with van der Waals surface area (Å²) in [7, 11) is 0. The summed E-state index contributed by atoms with van der Waals surface area (Å²) in [6.07, 6.45) is 6.10. The first-order chi connectivity index (χ1) is 8.85. The molecule has 0 bridgehead atoms. The first-order valence-corrected chi connectivity index (χ1v) is 6.67. The van der Waals surface area contributed by atoms with Crippen LogP contribution in [0.5, 0.6) is 0 Å². The van der Waals surface area contributed by atoms with Gasteiger partial charge in [0.2, 0.25) is 0 Å². The average Bonchev–Trinajstić information content (AvgIpc) is 2.84. The number of hydrogen-bond donors (Lipinski definition) is 1. The number of benzene rings is 1. The highest BCUT2D eigenvalue weighted by Gasteiger charge is 2.03. The van der Waals surface area contributed by atoms with Crippen LogP contribution in [0.2, 0.25) is 0 Å². The van der Waals surface area contributed by atoms with Crippen molar-refractivity contribution in [2.75, 3.05) is 5.32 Å². The second-order valence-corrected chi connectivity index (χ2v) is 4.40. The van der Waals surface area contributed by atoms with E-state index >= 15 is 0 Å². The Hall–Kier alpha value is -1.77. The van der Waals surface area contributed by atoms with Crippen LogP contribution in [0.1, 0.15) is 31.7 Å². The van der Waals surface area contributed by atoms with E-state index in [4.69, 9.17) is 0 Å². The summed E-state index contributed by atoms with van der Waals surface area (Å²) < 4.78 is 2.21. The van der Waals surface area contributed by atoms with Crippen molar-refractivity contribution in [1.82, 2.24) is 9.55 Å². The van der Waals surface area contributed by atoms with E-state index < -0.39 is 0 Å². The molecule has 2 rings (SSSR count). The third kappa shape index (κ3) is 2.92. The number of aryl methyl sites for hydroxylation is 2. The molecule has 0 aliphatic carbocycles. The zero-order chi connectivity index (χ0) is 12.8. The minimum atomic E-state index is 0.782. The fourth-order valence-electron chi connectivity index (χ4n) is 2.13. The topological polar surface area (TPSA) is 29.9 Å². The van der Waals surface area contributed by atoms with Crippen LogP contribution in [-0.2, 0) is 19.5 Å². The van der Waals surface area contributed by atoms with Crippen molar-refractivity contribution in [3.8, 4) is 0 Å². The zero-order valence-corrected chi connectivity index (χ0v) is 11.2. The molecule has 0 spiro atoms. The molecule has 0 saturated carbocycles. The van der Waals surface area contributed by atoms with Gasteiger partial charge in [0.1, 0.15) is 5.82 Å². The lowest BCUT2D eigenvalue weighted by molar-refractivity contribution is 0.644. The van der Waals surface area contributed by atoms with Gasteiger partial charge in [-0.2, -0.15) is 0 Å². The molecule has 0 unspecified atom stereocenters. The SMILES string of the molecule is CCCn1ccnc1CNc1ccccc1CC. The summed E-state index contributed by atoms with van der Waals surface area (Å²) in [5, 5.41) is 3.48. The van der Waals surface area contributed by atoms with Crippen molar-refractivity contribution in [3.05, 3.63) is 48.0 Å². The fourth-order valence-corrected chi connectivity index (χ4v) is 2.13. The van der Waals surface area contributed by atoms with Crippen LogP contribution in [0.3, 0.4) is 0 Å². The average molecular weight is 243 g/mol. The van der Waals surface area contributed by atoms with E-state index in [1.807, 2.05) is 12.4 Å². The molecular weight excluding hydrogens is 222 g/mol. The maximum Gasteiger partial charge on any atom is 0.128 e. The van der Waals surface area contributed by atoms with Gasteiger partial charge in [0.15, 0.2) is 0 Å². The molecule has 0 amide bonds. The largest absolute Gasteiger partial charge is 0.378 e. The van der Waals surface area contributed by atoms with E-state index in [0.29, 0.717) is 0 Å². The van der Waals surface area contributed by atoms with Crippen LogP contribution < -0.4 is 5.32 Å². The van der Waals surface area contributed by atoms with Crippen molar-refractivity contribution in [1.29, 1.82) is 0 Å². The van der Waals surface area contributed by atoms with Gasteiger partial charge in [-0.3, -0.25) is 0 Å². The molecular formula is C15H21N3. The first kappa shape index (κ1) is 12.7. The van der Waals surface area contributed by atoms with E-state index in [9.17, 15) is 0 Å². The minimum absolute atomic E-state index is 0.782. The quantitative estimate of drug-likeness (QED) is 0.842. The number of rotatable bonds is 6. The Morgan fingerprint density at radius 2 is 2.06 bits per heavy atom. The Morgan fingerprint density at radius 3 is 2.83 bits per heavy atom. The van der Waals surface area contributed by atoms with Gasteiger partial charge < -0.3 is 9.88 Å². The Kier molecular flexibility index (Phi) is 4.40. The molecule has 96 valence electrons. The molecule has 3 nitrogen and oxygen atoms in total. The second-order valence-electron chi connectivity index (χ2n) is 4.40. The van der Waals surface area contributed by atoms with Crippen LogP contribution in [0.15, 0.2) is 36.7 Å². The lowest BCUT2D eigenvalue weighted by atomic mass is 10.1. The minimum Gasteiger partial charge on any atom is -0.378 e. The van der Waals surface area contributed by atoms with E-state index in [-0.39, 0.29) is 0 Å². The monoisotopic (exact) mass is 243 g/mol. The molecule has 1 heterocycles. The van der Waals surface area contributed by atoms with Crippen LogP contribution >= 0.6 is 0 Å². The normalized spacial score (nSPS) is 10.6. The maximum absolute atomic E-state index is 4.41. The highest BCUT2D eigenvalue weighted by molar-refractivity contribution is 5.51. The first-order valence-electron chi connectivity index (χ1n) is 6.67. The van der Waals surface area contributed by atoms with E-state index in [2.05, 4.69) is 53.0 Å². The third-order valence-corrected chi connectivity index (χ3v) is 3.10. The smallest absolute Gasteiger partial charge is 0.128 e. The van der Waals surface area contributed by atoms with Crippen molar-refractivity contribution in [2.45, 2.75) is 39.8 Å². The van der Waals surface area contributed by atoms with Crippen molar-refractivity contribution < 1.29 is 0 Å². The molecule has 0 radical (unpaired) electrons. The van der Waals surface area contributed by atoms with Crippen molar-refractivity contribution in [2.24, 2.45) is 0 Å². The summed E-state index contributed by atoms with van der Waals surface area (Å²) in [5.41, 5.74) is 2.57. The van der Waals surface area contributed by atoms with Crippen LogP contribution in [0.25, 0.3) is 0 Å². The van der Waals surface area contributed by atoms with Gasteiger partial charge in [-0.1, -0.05) is 32.0 Å². The number of imidazole rings is 1. The number of aromatic nitrogens is 2. The summed E-state index contributed by atoms with van der Waals surface area (Å²) in [6.45, 7) is 6.18. The Balaban J connectivity index is 2.04. The molecule has 3 heteroatoms. The Bertz CT molecular complexity index is 488. The predicted molar refractivity (Wildman–Crippen MR) is 75.7 cm³/mol. The predicted octanol–water partition coefficient (Wildman–Crippen LogP) is 3.47. The van der Waals surface area contributed by atoms with Crippen molar-refractivity contribution >= 4 is 5.69 Å². The van der Waals surface area contributed by atoms with Crippen LogP contribution in [-0.4, -0.2) is 9.55 Å². The lowest BCUT2D eigenvalue weighted by Crippen LogP contribution is -2.09. The molecule has 1 aromatic carbocycles. The van der Waals surface area contributed by atoms with Gasteiger partial charge in [0.05, 0.1) is 6.54 Å². The highest BCUT2D eigenvalue weighted by Crippen LogP contribution is 2.16. The molecule has 0 aliphatic heterocycles. The fraction of sp³-hybridized carbons (Fsp3) is 0.400. The number of nitrogens with one attached hydrogen (secondary N) is 1. The molecule has 0 aliphatic rings. The number of hydrogen-bond acceptors (Lipinski definition) is 2. The van der Waals surface area contributed by atoms with Gasteiger partial charge in [-0.05, 0) is 24.5 Å². The lowest BCUT2D eigenvalue weighted by Gasteiger charge is -2.11. The Labute approximate surface area is 109 Å². The molecule has 0 saturated heterocycles. The van der Waals surface area contributed by atoms with Gasteiger partial charge in [0, 0.05) is 24.6 Å². The van der Waals surface area contributed by atoms with Crippen LogP contribution in [0.4, 0.5) is 5.69 Å². The van der Waals surface area contributed by atoms with E-state index in [1.54, 1.807) is 0 Å². The standard InChI is InChI=1S/C15H21N3/c1-3-10-18-11-9-16-15(18)12-17-14-8-6-5-7-13(14)4-2/h5-9,11,17H,3-4,10,12H2,1-2H3. The Morgan fingerprint density at radius 1 is 1.22 bits per heavy atom. The molecule has 2 aromatic rings. The highest BCUT2D eigenvalue weighted by atomic mass is 15.1. The summed E-state index contributed by atoms with van der Waals surface area (Å²) in [5.74, 6) is 1.10. The molecule has 1 N–H and O–H groups in total. The zero-order valence-electron chi connectivity index (χ0n) is 11.2. The van der Waals surface area contributed by atoms with Crippen molar-refractivity contribution in [3.63, 3.8) is 0 Å². The second kappa shape index (κ2) is 6.24. The van der Waals surface area contributed by atoms with Gasteiger partial charge in [0.25, 0.3) is 0 Å².